The van der Waals surface area contributed by atoms with Crippen molar-refractivity contribution >= 4 is 47.2 Å². The number of carbonyl (C=O) groups excluding carboxylic acids is 4. The molecule has 192 valence electrons. The van der Waals surface area contributed by atoms with Gasteiger partial charge in [-0.15, -0.1) is 0 Å². The summed E-state index contributed by atoms with van der Waals surface area (Å²) in [7, 11) is 2.98. The van der Waals surface area contributed by atoms with Crippen molar-refractivity contribution < 1.29 is 23.9 Å². The number of carbonyl (C=O) groups is 4. The minimum absolute atomic E-state index is 0.283. The van der Waals surface area contributed by atoms with Crippen LogP contribution in [0.2, 0.25) is 0 Å². The van der Waals surface area contributed by atoms with Crippen molar-refractivity contribution in [1.82, 2.24) is 9.80 Å². The smallest absolute Gasteiger partial charge is 0.262 e. The van der Waals surface area contributed by atoms with Crippen molar-refractivity contribution in [2.24, 2.45) is 0 Å². The van der Waals surface area contributed by atoms with E-state index in [0.29, 0.717) is 33.8 Å². The molecule has 0 aromatic heterocycles. The average Bonchev–Trinajstić information content (AvgIpc) is 3.31. The molecule has 6 rings (SSSR count). The molecule has 4 aromatic rings. The number of imide groups is 2. The summed E-state index contributed by atoms with van der Waals surface area (Å²) in [6, 6.07) is 25.6. The molecule has 0 saturated heterocycles. The number of hydrogen-bond donors (Lipinski definition) is 0. The molecule has 7 nitrogen and oxygen atoms in total. The van der Waals surface area contributed by atoms with Crippen LogP contribution in [0.3, 0.4) is 0 Å². The SMILES string of the molecule is CN1C(=O)c2cccc(Sc3ccc(Oc4ccc(Sc5cccc6c5C(=O)N(C)C6=O)cc4)cc3)c2C1=O. The number of hydrogen-bond acceptors (Lipinski definition) is 7. The summed E-state index contributed by atoms with van der Waals surface area (Å²) in [4.78, 5) is 55.2. The van der Waals surface area contributed by atoms with Crippen LogP contribution in [-0.2, 0) is 0 Å². The summed E-state index contributed by atoms with van der Waals surface area (Å²) in [6.45, 7) is 0. The van der Waals surface area contributed by atoms with Crippen LogP contribution in [0.15, 0.2) is 105 Å². The highest BCUT2D eigenvalue weighted by atomic mass is 32.2. The quantitative estimate of drug-likeness (QED) is 0.262. The predicted octanol–water partition coefficient (Wildman–Crippen LogP) is 6.23. The van der Waals surface area contributed by atoms with Crippen molar-refractivity contribution in [2.45, 2.75) is 19.6 Å². The Morgan fingerprint density at radius 3 is 1.28 bits per heavy atom. The second kappa shape index (κ2) is 9.76. The predicted molar refractivity (Wildman–Crippen MR) is 147 cm³/mol. The maximum absolute atomic E-state index is 12.5. The first-order valence-corrected chi connectivity index (χ1v) is 13.6. The van der Waals surface area contributed by atoms with Crippen LogP contribution < -0.4 is 4.74 Å². The molecule has 0 atom stereocenters. The Balaban J connectivity index is 1.13. The second-order valence-electron chi connectivity index (χ2n) is 8.95. The first kappa shape index (κ1) is 25.0. The number of rotatable bonds is 6. The van der Waals surface area contributed by atoms with Gasteiger partial charge in [0, 0.05) is 33.7 Å². The Morgan fingerprint density at radius 1 is 0.513 bits per heavy atom. The van der Waals surface area contributed by atoms with Gasteiger partial charge in [-0.2, -0.15) is 0 Å². The zero-order valence-electron chi connectivity index (χ0n) is 20.8. The molecule has 0 radical (unpaired) electrons. The van der Waals surface area contributed by atoms with Crippen LogP contribution in [0, 0.1) is 0 Å². The van der Waals surface area contributed by atoms with Gasteiger partial charge in [0.2, 0.25) is 0 Å². The summed E-state index contributed by atoms with van der Waals surface area (Å²) in [5.41, 5.74) is 1.74. The van der Waals surface area contributed by atoms with Crippen molar-refractivity contribution in [2.75, 3.05) is 14.1 Å². The number of amides is 4. The fourth-order valence-electron chi connectivity index (χ4n) is 4.45. The summed E-state index contributed by atoms with van der Waals surface area (Å²) < 4.78 is 6.00. The average molecular weight is 553 g/mol. The van der Waals surface area contributed by atoms with Gasteiger partial charge in [-0.3, -0.25) is 29.0 Å². The summed E-state index contributed by atoms with van der Waals surface area (Å²) >= 11 is 2.84. The normalized spacial score (nSPS) is 14.2. The molecule has 0 N–H and O–H groups in total. The molecular formula is C30H20N2O5S2. The Bertz CT molecular complexity index is 1560. The molecular weight excluding hydrogens is 532 g/mol. The maximum atomic E-state index is 12.5. The first-order chi connectivity index (χ1) is 18.8. The van der Waals surface area contributed by atoms with Crippen molar-refractivity contribution in [3.8, 4) is 11.5 Å². The van der Waals surface area contributed by atoms with Gasteiger partial charge < -0.3 is 4.74 Å². The van der Waals surface area contributed by atoms with Crippen molar-refractivity contribution in [3.05, 3.63) is 107 Å². The minimum Gasteiger partial charge on any atom is -0.457 e. The van der Waals surface area contributed by atoms with E-state index in [4.69, 9.17) is 4.74 Å². The molecule has 9 heteroatoms. The molecule has 4 amide bonds. The summed E-state index contributed by atoms with van der Waals surface area (Å²) in [5, 5.41) is 0. The van der Waals surface area contributed by atoms with Crippen LogP contribution in [0.1, 0.15) is 41.4 Å². The summed E-state index contributed by atoms with van der Waals surface area (Å²) in [6.07, 6.45) is 0. The van der Waals surface area contributed by atoms with E-state index in [0.717, 1.165) is 29.4 Å². The van der Waals surface area contributed by atoms with Crippen molar-refractivity contribution in [1.29, 1.82) is 0 Å². The number of ether oxygens (including phenoxy) is 1. The van der Waals surface area contributed by atoms with Gasteiger partial charge in [0.05, 0.1) is 22.3 Å². The second-order valence-corrected chi connectivity index (χ2v) is 11.2. The van der Waals surface area contributed by atoms with Gasteiger partial charge in [-0.05, 0) is 72.8 Å². The number of fused-ring (bicyclic) bond motifs is 2. The van der Waals surface area contributed by atoms with Crippen LogP contribution in [0.5, 0.6) is 11.5 Å². The van der Waals surface area contributed by atoms with Gasteiger partial charge >= 0.3 is 0 Å². The Labute approximate surface area is 232 Å². The minimum atomic E-state index is -0.288. The Hall–Kier alpha value is -4.34. The lowest BCUT2D eigenvalue weighted by Crippen LogP contribution is -2.24. The molecule has 0 aliphatic carbocycles. The lowest BCUT2D eigenvalue weighted by molar-refractivity contribution is 0.0676. The zero-order valence-corrected chi connectivity index (χ0v) is 22.5. The number of nitrogens with zero attached hydrogens (tertiary/aromatic N) is 2. The van der Waals surface area contributed by atoms with Gasteiger partial charge in [0.25, 0.3) is 23.6 Å². The van der Waals surface area contributed by atoms with E-state index in [1.54, 1.807) is 24.3 Å². The molecule has 0 unspecified atom stereocenters. The van der Waals surface area contributed by atoms with E-state index in [2.05, 4.69) is 0 Å². The van der Waals surface area contributed by atoms with Crippen molar-refractivity contribution in [3.63, 3.8) is 0 Å². The standard InChI is InChI=1S/C30H20N2O5S2/c1-31-27(33)21-5-3-7-23(25(21)29(31)35)38-19-13-9-17(10-14-19)37-18-11-15-20(16-12-18)39-24-8-4-6-22-26(24)30(36)32(2)28(22)34/h3-16H,1-2H3. The number of benzene rings is 4. The van der Waals surface area contributed by atoms with Gasteiger partial charge in [0.1, 0.15) is 11.5 Å². The third-order valence-electron chi connectivity index (χ3n) is 6.50. The Morgan fingerprint density at radius 2 is 0.897 bits per heavy atom. The van der Waals surface area contributed by atoms with Crippen LogP contribution in [-0.4, -0.2) is 47.5 Å². The van der Waals surface area contributed by atoms with E-state index in [9.17, 15) is 19.2 Å². The van der Waals surface area contributed by atoms with Crippen LogP contribution in [0.25, 0.3) is 0 Å². The van der Waals surface area contributed by atoms with E-state index in [-0.39, 0.29) is 23.6 Å². The van der Waals surface area contributed by atoms with Gasteiger partial charge in [-0.1, -0.05) is 35.7 Å². The molecule has 0 bridgehead atoms. The first-order valence-electron chi connectivity index (χ1n) is 12.0. The molecule has 2 aliphatic heterocycles. The monoisotopic (exact) mass is 552 g/mol. The largest absolute Gasteiger partial charge is 0.457 e. The molecule has 2 heterocycles. The molecule has 0 fully saturated rings. The van der Waals surface area contributed by atoms with Crippen LogP contribution in [0.4, 0.5) is 0 Å². The lowest BCUT2D eigenvalue weighted by Gasteiger charge is -2.10. The highest BCUT2D eigenvalue weighted by molar-refractivity contribution is 7.99. The Kier molecular flexibility index (Phi) is 6.25. The van der Waals surface area contributed by atoms with Crippen LogP contribution >= 0.6 is 23.5 Å². The third-order valence-corrected chi connectivity index (χ3v) is 8.63. The summed E-state index contributed by atoms with van der Waals surface area (Å²) in [5.74, 6) is 0.158. The highest BCUT2D eigenvalue weighted by Crippen LogP contribution is 2.38. The molecule has 4 aromatic carbocycles. The van der Waals surface area contributed by atoms with Gasteiger partial charge in [-0.25, -0.2) is 0 Å². The highest BCUT2D eigenvalue weighted by Gasteiger charge is 2.36. The van der Waals surface area contributed by atoms with E-state index in [1.165, 1.54) is 37.6 Å². The van der Waals surface area contributed by atoms with Gasteiger partial charge in [0.15, 0.2) is 0 Å². The third kappa shape index (κ3) is 4.39. The molecule has 0 spiro atoms. The van der Waals surface area contributed by atoms with E-state index < -0.39 is 0 Å². The zero-order chi connectivity index (χ0) is 27.3. The maximum Gasteiger partial charge on any atom is 0.262 e. The molecule has 2 aliphatic rings. The topological polar surface area (TPSA) is 84.0 Å². The van der Waals surface area contributed by atoms with E-state index >= 15 is 0 Å². The fraction of sp³-hybridized carbons (Fsp3) is 0.0667. The fourth-order valence-corrected chi connectivity index (χ4v) is 6.40. The lowest BCUT2D eigenvalue weighted by atomic mass is 10.1. The molecule has 0 saturated carbocycles. The van der Waals surface area contributed by atoms with E-state index in [1.807, 2.05) is 60.7 Å². The molecule has 39 heavy (non-hydrogen) atoms.